The lowest BCUT2D eigenvalue weighted by Gasteiger charge is -2.12. The molecule has 0 saturated heterocycles. The molecule has 29 heavy (non-hydrogen) atoms. The predicted octanol–water partition coefficient (Wildman–Crippen LogP) is 2.69. The number of carbonyl (C=O) groups excluding carboxylic acids is 2. The summed E-state index contributed by atoms with van der Waals surface area (Å²) in [5.41, 5.74) is 1.13. The molecule has 0 bridgehead atoms. The Bertz CT molecular complexity index is 887. The number of benzene rings is 2. The normalized spacial score (nSPS) is 12.7. The number of aromatic hydroxyl groups is 1. The zero-order valence-corrected chi connectivity index (χ0v) is 16.6. The lowest BCUT2D eigenvalue weighted by molar-refractivity contribution is -0.120. The minimum Gasteiger partial charge on any atom is -0.508 e. The number of hydrogen-bond acceptors (Lipinski definition) is 5. The molecule has 0 unspecified atom stereocenters. The molecule has 3 N–H and O–H groups in total. The molecule has 1 aliphatic heterocycles. The van der Waals surface area contributed by atoms with Gasteiger partial charge in [-0.3, -0.25) is 9.59 Å². The molecule has 2 aromatic carbocycles. The lowest BCUT2D eigenvalue weighted by Crippen LogP contribution is -2.30. The van der Waals surface area contributed by atoms with Crippen molar-refractivity contribution < 1.29 is 24.2 Å². The van der Waals surface area contributed by atoms with Gasteiger partial charge in [-0.15, -0.1) is 0 Å². The Morgan fingerprint density at radius 3 is 2.69 bits per heavy atom. The Morgan fingerprint density at radius 2 is 1.86 bits per heavy atom. The van der Waals surface area contributed by atoms with E-state index in [1.807, 2.05) is 0 Å². The van der Waals surface area contributed by atoms with E-state index >= 15 is 0 Å². The second-order valence-corrected chi connectivity index (χ2v) is 7.05. The number of phenolic OH excluding ortho intramolecular Hbond substituents is 1. The monoisotopic (exact) mass is 418 g/mol. The molecule has 0 aromatic heterocycles. The molecule has 2 amide bonds. The van der Waals surface area contributed by atoms with Gasteiger partial charge in [0.2, 0.25) is 5.91 Å². The first-order chi connectivity index (χ1) is 14.0. The van der Waals surface area contributed by atoms with E-state index < -0.39 is 0 Å². The third-order valence-electron chi connectivity index (χ3n) is 4.30. The van der Waals surface area contributed by atoms with Gasteiger partial charge in [-0.1, -0.05) is 17.7 Å². The first-order valence-corrected chi connectivity index (χ1v) is 9.82. The number of hydrogen-bond donors (Lipinski definition) is 3. The predicted molar refractivity (Wildman–Crippen MR) is 109 cm³/mol. The first-order valence-electron chi connectivity index (χ1n) is 9.45. The maximum absolute atomic E-state index is 12.2. The summed E-state index contributed by atoms with van der Waals surface area (Å²) in [6.07, 6.45) is 1.53. The summed E-state index contributed by atoms with van der Waals surface area (Å²) in [6.45, 7) is 1.93. The number of amides is 2. The van der Waals surface area contributed by atoms with Gasteiger partial charge in [0.25, 0.3) is 5.91 Å². The molecule has 1 heterocycles. The van der Waals surface area contributed by atoms with Crippen LogP contribution in [0.2, 0.25) is 5.02 Å². The molecule has 154 valence electrons. The Balaban J connectivity index is 1.41. The van der Waals surface area contributed by atoms with Crippen molar-refractivity contribution in [3.8, 4) is 17.2 Å². The topological polar surface area (TPSA) is 96.9 Å². The minimum atomic E-state index is -0.269. The van der Waals surface area contributed by atoms with Gasteiger partial charge in [0.05, 0.1) is 24.7 Å². The van der Waals surface area contributed by atoms with Crippen LogP contribution < -0.4 is 20.1 Å². The van der Waals surface area contributed by atoms with Gasteiger partial charge in [-0.25, -0.2) is 0 Å². The summed E-state index contributed by atoms with van der Waals surface area (Å²) in [4.78, 5) is 24.1. The Hall–Kier alpha value is -2.93. The highest BCUT2D eigenvalue weighted by Crippen LogP contribution is 2.38. The molecule has 1 aliphatic rings. The Morgan fingerprint density at radius 1 is 1.07 bits per heavy atom. The van der Waals surface area contributed by atoms with Crippen LogP contribution >= 0.6 is 11.6 Å². The summed E-state index contributed by atoms with van der Waals surface area (Å²) in [7, 11) is 0. The quantitative estimate of drug-likeness (QED) is 0.601. The maximum atomic E-state index is 12.2. The van der Waals surface area contributed by atoms with Crippen molar-refractivity contribution in [3.05, 3.63) is 52.5 Å². The zero-order chi connectivity index (χ0) is 20.6. The smallest absolute Gasteiger partial charge is 0.251 e. The van der Waals surface area contributed by atoms with E-state index in [1.165, 1.54) is 12.1 Å². The highest BCUT2D eigenvalue weighted by atomic mass is 35.5. The molecule has 8 heteroatoms. The van der Waals surface area contributed by atoms with Crippen molar-refractivity contribution in [1.82, 2.24) is 10.6 Å². The summed E-state index contributed by atoms with van der Waals surface area (Å²) >= 11 is 6.25. The number of nitrogens with one attached hydrogen (secondary N) is 2. The summed E-state index contributed by atoms with van der Waals surface area (Å²) in [5, 5.41) is 15.4. The molecular weight excluding hydrogens is 396 g/mol. The van der Waals surface area contributed by atoms with Crippen LogP contribution in [-0.2, 0) is 11.2 Å². The number of fused-ring (bicyclic) bond motifs is 1. The highest BCUT2D eigenvalue weighted by Gasteiger charge is 2.16. The average molecular weight is 419 g/mol. The van der Waals surface area contributed by atoms with Crippen LogP contribution in [-0.4, -0.2) is 43.2 Å². The van der Waals surface area contributed by atoms with Crippen LogP contribution in [0.1, 0.15) is 28.8 Å². The lowest BCUT2D eigenvalue weighted by atomic mass is 10.1. The van der Waals surface area contributed by atoms with Gasteiger partial charge < -0.3 is 25.2 Å². The molecular formula is C21H23ClN2O5. The van der Waals surface area contributed by atoms with E-state index in [0.29, 0.717) is 54.8 Å². The van der Waals surface area contributed by atoms with Crippen molar-refractivity contribution in [2.24, 2.45) is 0 Å². The van der Waals surface area contributed by atoms with Crippen LogP contribution in [0, 0.1) is 0 Å². The van der Waals surface area contributed by atoms with Crippen molar-refractivity contribution in [1.29, 1.82) is 0 Å². The zero-order valence-electron chi connectivity index (χ0n) is 15.9. The van der Waals surface area contributed by atoms with Crippen molar-refractivity contribution in [2.75, 3.05) is 26.3 Å². The van der Waals surface area contributed by atoms with E-state index in [2.05, 4.69) is 10.6 Å². The van der Waals surface area contributed by atoms with Gasteiger partial charge in [0.15, 0.2) is 11.5 Å². The summed E-state index contributed by atoms with van der Waals surface area (Å²) in [6, 6.07) is 9.62. The van der Waals surface area contributed by atoms with Gasteiger partial charge in [0, 0.05) is 25.1 Å². The van der Waals surface area contributed by atoms with Crippen molar-refractivity contribution in [3.63, 3.8) is 0 Å². The van der Waals surface area contributed by atoms with Gasteiger partial charge >= 0.3 is 0 Å². The van der Waals surface area contributed by atoms with E-state index in [0.717, 1.165) is 12.0 Å². The second kappa shape index (κ2) is 10.0. The standard InChI is InChI=1S/C21H23ClN2O5/c22-17-10-14(11-18-20(17)29-9-3-8-28-18)12-19(26)23-6-2-7-24-21(27)15-4-1-5-16(25)13-15/h1,4-5,10-11,13,25H,2-3,6-9,12H2,(H,23,26)(H,24,27). The first kappa shape index (κ1) is 20.8. The molecule has 0 saturated carbocycles. The Kier molecular flexibility index (Phi) is 7.19. The summed E-state index contributed by atoms with van der Waals surface area (Å²) < 4.78 is 11.2. The molecule has 0 fully saturated rings. The number of phenols is 1. The van der Waals surface area contributed by atoms with Crippen LogP contribution in [0.25, 0.3) is 0 Å². The molecule has 0 atom stereocenters. The highest BCUT2D eigenvalue weighted by molar-refractivity contribution is 6.32. The second-order valence-electron chi connectivity index (χ2n) is 6.64. The van der Waals surface area contributed by atoms with Crippen LogP contribution in [0.3, 0.4) is 0 Å². The number of rotatable bonds is 7. The van der Waals surface area contributed by atoms with Gasteiger partial charge in [-0.05, 0) is 42.3 Å². The van der Waals surface area contributed by atoms with Gasteiger partial charge in [0.1, 0.15) is 5.75 Å². The fourth-order valence-electron chi connectivity index (χ4n) is 2.90. The van der Waals surface area contributed by atoms with Gasteiger partial charge in [-0.2, -0.15) is 0 Å². The third-order valence-corrected chi connectivity index (χ3v) is 4.58. The van der Waals surface area contributed by atoms with E-state index in [1.54, 1.807) is 24.3 Å². The Labute approximate surface area is 174 Å². The van der Waals surface area contributed by atoms with Crippen LogP contribution in [0.4, 0.5) is 0 Å². The van der Waals surface area contributed by atoms with E-state index in [4.69, 9.17) is 21.1 Å². The number of halogens is 1. The average Bonchev–Trinajstić information content (AvgIpc) is 2.93. The largest absolute Gasteiger partial charge is 0.508 e. The van der Waals surface area contributed by atoms with Crippen LogP contribution in [0.15, 0.2) is 36.4 Å². The molecule has 0 radical (unpaired) electrons. The molecule has 2 aromatic rings. The van der Waals surface area contributed by atoms with Crippen molar-refractivity contribution >= 4 is 23.4 Å². The fraction of sp³-hybridized carbons (Fsp3) is 0.333. The van der Waals surface area contributed by atoms with Crippen LogP contribution in [0.5, 0.6) is 17.2 Å². The number of ether oxygens (including phenoxy) is 2. The maximum Gasteiger partial charge on any atom is 0.251 e. The fourth-order valence-corrected chi connectivity index (χ4v) is 3.19. The molecule has 3 rings (SSSR count). The molecule has 7 nitrogen and oxygen atoms in total. The van der Waals surface area contributed by atoms with E-state index in [9.17, 15) is 14.7 Å². The minimum absolute atomic E-state index is 0.0415. The molecule has 0 aliphatic carbocycles. The number of carbonyl (C=O) groups is 2. The molecule has 0 spiro atoms. The van der Waals surface area contributed by atoms with E-state index in [-0.39, 0.29) is 24.0 Å². The van der Waals surface area contributed by atoms with Crippen molar-refractivity contribution in [2.45, 2.75) is 19.3 Å². The SMILES string of the molecule is O=C(Cc1cc(Cl)c2c(c1)OCCCO2)NCCCNC(=O)c1cccc(O)c1. The summed E-state index contributed by atoms with van der Waals surface area (Å²) in [5.74, 6) is 0.715. The third kappa shape index (κ3) is 6.02.